The zero-order valence-electron chi connectivity index (χ0n) is 21.6. The molecule has 8 nitrogen and oxygen atoms in total. The number of para-hydroxylation sites is 2. The molecule has 2 rings (SSSR count). The number of aliphatic hydroxyl groups is 2. The van der Waals surface area contributed by atoms with Gasteiger partial charge >= 0.3 is 11.9 Å². The molecule has 2 aromatic rings. The molecule has 37 heavy (non-hydrogen) atoms. The van der Waals surface area contributed by atoms with Crippen molar-refractivity contribution < 1.29 is 38.7 Å². The van der Waals surface area contributed by atoms with Gasteiger partial charge in [0.05, 0.1) is 0 Å². The molecule has 2 unspecified atom stereocenters. The molecule has 8 heteroatoms. The van der Waals surface area contributed by atoms with Crippen LogP contribution < -0.4 is 9.47 Å². The summed E-state index contributed by atoms with van der Waals surface area (Å²) in [6.45, 7) is 11.6. The summed E-state index contributed by atoms with van der Waals surface area (Å²) < 4.78 is 21.8. The number of aliphatic hydroxyl groups excluding tert-OH is 2. The van der Waals surface area contributed by atoms with Crippen LogP contribution in [-0.4, -0.2) is 60.8 Å². The quantitative estimate of drug-likeness (QED) is 0.273. The van der Waals surface area contributed by atoms with Crippen molar-refractivity contribution >= 4 is 11.9 Å². The van der Waals surface area contributed by atoms with Crippen molar-refractivity contribution in [1.82, 2.24) is 0 Å². The van der Waals surface area contributed by atoms with Crippen molar-refractivity contribution in [3.8, 4) is 11.5 Å². The van der Waals surface area contributed by atoms with Crippen molar-refractivity contribution in [3.63, 3.8) is 0 Å². The third kappa shape index (κ3) is 9.40. The molecule has 0 radical (unpaired) electrons. The molecule has 0 amide bonds. The second-order valence-electron chi connectivity index (χ2n) is 8.72. The van der Waals surface area contributed by atoms with Crippen LogP contribution in [0.3, 0.4) is 0 Å². The van der Waals surface area contributed by atoms with Crippen molar-refractivity contribution in [1.29, 1.82) is 0 Å². The van der Waals surface area contributed by atoms with E-state index in [9.17, 15) is 19.8 Å². The molecule has 2 atom stereocenters. The van der Waals surface area contributed by atoms with E-state index < -0.39 is 24.1 Å². The summed E-state index contributed by atoms with van der Waals surface area (Å²) in [5, 5.41) is 20.4. The standard InChI is InChI=1S/C29H36O8/c1-6-23(24-11-7-9-13-26(24)34-15-21(30)17-36-28(32)19(2)3)25-12-8-10-14-27(25)35-16-22(31)18-37-29(33)20(4)5/h7-14,21-23,30-31H,2,4,6,15-18H2,1,3,5H3. The largest absolute Gasteiger partial charge is 0.490 e. The summed E-state index contributed by atoms with van der Waals surface area (Å²) in [6.07, 6.45) is -1.29. The number of benzene rings is 2. The van der Waals surface area contributed by atoms with Crippen molar-refractivity contribution in [2.75, 3.05) is 26.4 Å². The zero-order valence-corrected chi connectivity index (χ0v) is 21.6. The number of ether oxygens (including phenoxy) is 4. The SMILES string of the molecule is C=C(C)C(=O)OCC(O)COc1ccccc1C(CC)c1ccccc1OCC(O)COC(=O)C(=C)C. The molecule has 2 N–H and O–H groups in total. The van der Waals surface area contributed by atoms with Gasteiger partial charge in [-0.25, -0.2) is 9.59 Å². The molecule has 0 spiro atoms. The van der Waals surface area contributed by atoms with Crippen molar-refractivity contribution in [3.05, 3.63) is 84.0 Å². The monoisotopic (exact) mass is 512 g/mol. The van der Waals surface area contributed by atoms with Gasteiger partial charge in [-0.1, -0.05) is 56.5 Å². The minimum absolute atomic E-state index is 0.0653. The van der Waals surface area contributed by atoms with E-state index in [1.165, 1.54) is 13.8 Å². The Kier molecular flexibility index (Phi) is 11.9. The molecule has 0 heterocycles. The van der Waals surface area contributed by atoms with E-state index in [-0.39, 0.29) is 43.5 Å². The lowest BCUT2D eigenvalue weighted by atomic mass is 9.88. The topological polar surface area (TPSA) is 112 Å². The van der Waals surface area contributed by atoms with Gasteiger partial charge in [-0.2, -0.15) is 0 Å². The minimum Gasteiger partial charge on any atom is -0.490 e. The van der Waals surface area contributed by atoms with Crippen LogP contribution in [0.15, 0.2) is 72.8 Å². The lowest BCUT2D eigenvalue weighted by Gasteiger charge is -2.23. The molecule has 0 aliphatic rings. The maximum atomic E-state index is 11.6. The molecule has 2 aromatic carbocycles. The number of carbonyl (C=O) groups is 2. The van der Waals surface area contributed by atoms with Crippen LogP contribution in [0, 0.1) is 0 Å². The normalized spacial score (nSPS) is 13.1. The fourth-order valence-electron chi connectivity index (χ4n) is 3.47. The second kappa shape index (κ2) is 14.8. The van der Waals surface area contributed by atoms with E-state index >= 15 is 0 Å². The predicted octanol–water partition coefficient (Wildman–Crippen LogP) is 3.95. The van der Waals surface area contributed by atoms with Gasteiger partial charge in [0.25, 0.3) is 0 Å². The van der Waals surface area contributed by atoms with Crippen LogP contribution >= 0.6 is 0 Å². The van der Waals surface area contributed by atoms with Crippen LogP contribution in [0.5, 0.6) is 11.5 Å². The van der Waals surface area contributed by atoms with Gasteiger partial charge in [-0.05, 0) is 32.4 Å². The molecule has 0 saturated heterocycles. The average Bonchev–Trinajstić information content (AvgIpc) is 2.89. The first kappa shape index (κ1) is 29.6. The third-order valence-electron chi connectivity index (χ3n) is 5.37. The highest BCUT2D eigenvalue weighted by Crippen LogP contribution is 2.38. The fraction of sp³-hybridized carbons (Fsp3) is 0.379. The Morgan fingerprint density at radius 3 is 1.46 bits per heavy atom. The number of carbonyl (C=O) groups excluding carboxylic acids is 2. The van der Waals surface area contributed by atoms with Gasteiger partial charge in [0.15, 0.2) is 0 Å². The average molecular weight is 513 g/mol. The summed E-state index contributed by atoms with van der Waals surface area (Å²) >= 11 is 0. The number of hydrogen-bond acceptors (Lipinski definition) is 8. The molecule has 0 aliphatic heterocycles. The first-order chi connectivity index (χ1) is 17.6. The lowest BCUT2D eigenvalue weighted by molar-refractivity contribution is -0.143. The Morgan fingerprint density at radius 2 is 1.11 bits per heavy atom. The molecule has 0 fully saturated rings. The summed E-state index contributed by atoms with van der Waals surface area (Å²) in [4.78, 5) is 23.1. The summed E-state index contributed by atoms with van der Waals surface area (Å²) in [7, 11) is 0. The van der Waals surface area contributed by atoms with E-state index in [0.29, 0.717) is 11.5 Å². The molecule has 0 aromatic heterocycles. The Hall–Kier alpha value is -3.62. The lowest BCUT2D eigenvalue weighted by Crippen LogP contribution is -2.26. The maximum absolute atomic E-state index is 11.6. The molecule has 0 aliphatic carbocycles. The highest BCUT2D eigenvalue weighted by atomic mass is 16.6. The predicted molar refractivity (Wildman–Crippen MR) is 140 cm³/mol. The second-order valence-corrected chi connectivity index (χ2v) is 8.72. The summed E-state index contributed by atoms with van der Waals surface area (Å²) in [5.41, 5.74) is 2.29. The van der Waals surface area contributed by atoms with Crippen LogP contribution in [0.1, 0.15) is 44.2 Å². The first-order valence-electron chi connectivity index (χ1n) is 12.1. The van der Waals surface area contributed by atoms with Crippen molar-refractivity contribution in [2.24, 2.45) is 0 Å². The van der Waals surface area contributed by atoms with E-state index in [2.05, 4.69) is 13.2 Å². The van der Waals surface area contributed by atoms with Gasteiger partial charge in [0, 0.05) is 28.2 Å². The van der Waals surface area contributed by atoms with Gasteiger partial charge in [-0.15, -0.1) is 0 Å². The molecule has 200 valence electrons. The van der Waals surface area contributed by atoms with Gasteiger partial charge in [0.2, 0.25) is 0 Å². The number of hydrogen-bond donors (Lipinski definition) is 2. The Balaban J connectivity index is 2.11. The highest BCUT2D eigenvalue weighted by molar-refractivity contribution is 5.87. The molecule has 0 bridgehead atoms. The van der Waals surface area contributed by atoms with Crippen LogP contribution in [0.4, 0.5) is 0 Å². The summed E-state index contributed by atoms with van der Waals surface area (Å²) in [5.74, 6) is -0.0751. The van der Waals surface area contributed by atoms with E-state index in [1.807, 2.05) is 55.5 Å². The third-order valence-corrected chi connectivity index (χ3v) is 5.37. The van der Waals surface area contributed by atoms with Gasteiger partial charge in [-0.3, -0.25) is 0 Å². The van der Waals surface area contributed by atoms with Crippen LogP contribution in [-0.2, 0) is 19.1 Å². The Morgan fingerprint density at radius 1 is 0.730 bits per heavy atom. The zero-order chi connectivity index (χ0) is 27.4. The first-order valence-corrected chi connectivity index (χ1v) is 12.1. The van der Waals surface area contributed by atoms with Gasteiger partial charge in [0.1, 0.15) is 50.1 Å². The van der Waals surface area contributed by atoms with Crippen molar-refractivity contribution in [2.45, 2.75) is 45.3 Å². The van der Waals surface area contributed by atoms with Crippen LogP contribution in [0.2, 0.25) is 0 Å². The van der Waals surface area contributed by atoms with E-state index in [1.54, 1.807) is 0 Å². The smallest absolute Gasteiger partial charge is 0.333 e. The minimum atomic E-state index is -1.01. The maximum Gasteiger partial charge on any atom is 0.333 e. The highest BCUT2D eigenvalue weighted by Gasteiger charge is 2.22. The van der Waals surface area contributed by atoms with Gasteiger partial charge < -0.3 is 29.2 Å². The van der Waals surface area contributed by atoms with E-state index in [0.717, 1.165) is 17.5 Å². The number of esters is 2. The Labute approximate surface area is 218 Å². The summed E-state index contributed by atoms with van der Waals surface area (Å²) in [6, 6.07) is 15.0. The fourth-order valence-corrected chi connectivity index (χ4v) is 3.47. The Bertz CT molecular complexity index is 994. The van der Waals surface area contributed by atoms with Crippen LogP contribution in [0.25, 0.3) is 0 Å². The molecular weight excluding hydrogens is 476 g/mol. The number of rotatable bonds is 15. The molecule has 0 saturated carbocycles. The van der Waals surface area contributed by atoms with E-state index in [4.69, 9.17) is 18.9 Å². The molecular formula is C29H36O8.